The molecule has 20 heavy (non-hydrogen) atoms. The van der Waals surface area contributed by atoms with Gasteiger partial charge in [0.15, 0.2) is 5.82 Å². The molecule has 1 aromatic carbocycles. The predicted molar refractivity (Wildman–Crippen MR) is 72.5 cm³/mol. The Morgan fingerprint density at radius 1 is 1.15 bits per heavy atom. The van der Waals surface area contributed by atoms with Gasteiger partial charge in [0.2, 0.25) is 0 Å². The van der Waals surface area contributed by atoms with Crippen molar-refractivity contribution in [2.45, 2.75) is 0 Å². The number of nitrogen functional groups attached to an aromatic ring is 1. The lowest BCUT2D eigenvalue weighted by atomic mass is 10.1. The summed E-state index contributed by atoms with van der Waals surface area (Å²) in [5.74, 6) is -0.243. The molecule has 0 saturated heterocycles. The van der Waals surface area contributed by atoms with Gasteiger partial charge in [0.1, 0.15) is 23.9 Å². The summed E-state index contributed by atoms with van der Waals surface area (Å²) in [5.41, 5.74) is 8.04. The van der Waals surface area contributed by atoms with Crippen LogP contribution in [0, 0.1) is 5.82 Å². The molecule has 98 valence electrons. The van der Waals surface area contributed by atoms with Crippen LogP contribution in [0.25, 0.3) is 22.3 Å². The van der Waals surface area contributed by atoms with Crippen molar-refractivity contribution in [3.8, 4) is 11.3 Å². The molecule has 0 spiro atoms. The van der Waals surface area contributed by atoms with Gasteiger partial charge in [-0.15, -0.1) is 0 Å². The zero-order valence-electron chi connectivity index (χ0n) is 10.2. The molecule has 5 nitrogen and oxygen atoms in total. The van der Waals surface area contributed by atoms with E-state index in [2.05, 4.69) is 15.0 Å². The Balaban J connectivity index is 2.22. The lowest BCUT2D eigenvalue weighted by molar-refractivity contribution is 0.112. The number of halogens is 1. The molecule has 3 aromatic rings. The summed E-state index contributed by atoms with van der Waals surface area (Å²) in [4.78, 5) is 23.0. The fourth-order valence-corrected chi connectivity index (χ4v) is 1.95. The monoisotopic (exact) mass is 268 g/mol. The molecule has 6 heteroatoms. The Hall–Kier alpha value is -2.89. The first kappa shape index (κ1) is 12.2. The van der Waals surface area contributed by atoms with Crippen LogP contribution in [0.4, 0.5) is 10.2 Å². The zero-order valence-corrected chi connectivity index (χ0v) is 10.2. The zero-order chi connectivity index (χ0) is 14.1. The standard InChI is InChI=1S/C14H9FN4O/c15-10-4-8(6-20)3-9(5-10)11-1-2-12-13(19-11)14(16)18-7-17-12/h1-7H,(H2,16,17,18). The quantitative estimate of drug-likeness (QED) is 0.721. The van der Waals surface area contributed by atoms with E-state index >= 15 is 0 Å². The number of rotatable bonds is 2. The Labute approximate surface area is 113 Å². The van der Waals surface area contributed by atoms with E-state index in [1.54, 1.807) is 18.2 Å². The summed E-state index contributed by atoms with van der Waals surface area (Å²) in [6.07, 6.45) is 1.94. The number of aldehydes is 1. The van der Waals surface area contributed by atoms with E-state index in [0.29, 0.717) is 28.6 Å². The summed E-state index contributed by atoms with van der Waals surface area (Å²) >= 11 is 0. The van der Waals surface area contributed by atoms with Crippen LogP contribution in [0.1, 0.15) is 10.4 Å². The third kappa shape index (κ3) is 2.07. The van der Waals surface area contributed by atoms with Crippen LogP contribution in [-0.2, 0) is 0 Å². The van der Waals surface area contributed by atoms with Crippen molar-refractivity contribution in [3.05, 3.63) is 48.0 Å². The molecule has 2 N–H and O–H groups in total. The first-order valence-electron chi connectivity index (χ1n) is 5.81. The number of nitrogens with two attached hydrogens (primary N) is 1. The van der Waals surface area contributed by atoms with Crippen molar-refractivity contribution in [2.24, 2.45) is 0 Å². The molecular weight excluding hydrogens is 259 g/mol. The van der Waals surface area contributed by atoms with Crippen molar-refractivity contribution in [1.82, 2.24) is 15.0 Å². The number of aromatic nitrogens is 3. The van der Waals surface area contributed by atoms with Crippen LogP contribution in [-0.4, -0.2) is 21.2 Å². The molecule has 0 amide bonds. The summed E-state index contributed by atoms with van der Waals surface area (Å²) in [5, 5.41) is 0. The SMILES string of the molecule is Nc1ncnc2ccc(-c3cc(F)cc(C=O)c3)nc12. The van der Waals surface area contributed by atoms with E-state index in [0.717, 1.165) is 6.07 Å². The maximum atomic E-state index is 13.5. The predicted octanol–water partition coefficient (Wildman–Crippen LogP) is 2.23. The molecule has 2 heterocycles. The van der Waals surface area contributed by atoms with Gasteiger partial charge >= 0.3 is 0 Å². The lowest BCUT2D eigenvalue weighted by Gasteiger charge is -2.05. The maximum absolute atomic E-state index is 13.5. The molecule has 2 aromatic heterocycles. The van der Waals surface area contributed by atoms with E-state index in [1.807, 2.05) is 0 Å². The van der Waals surface area contributed by atoms with Gasteiger partial charge in [-0.25, -0.2) is 19.3 Å². The van der Waals surface area contributed by atoms with Crippen LogP contribution in [0.5, 0.6) is 0 Å². The number of anilines is 1. The van der Waals surface area contributed by atoms with Gasteiger partial charge in [0.05, 0.1) is 11.2 Å². The first-order chi connectivity index (χ1) is 9.67. The fraction of sp³-hybridized carbons (Fsp3) is 0. The van der Waals surface area contributed by atoms with Crippen molar-refractivity contribution < 1.29 is 9.18 Å². The topological polar surface area (TPSA) is 81.8 Å². The summed E-state index contributed by atoms with van der Waals surface area (Å²) in [7, 11) is 0. The molecule has 0 radical (unpaired) electrons. The van der Waals surface area contributed by atoms with E-state index in [-0.39, 0.29) is 11.4 Å². The van der Waals surface area contributed by atoms with Gasteiger partial charge in [-0.1, -0.05) is 0 Å². The molecule has 0 fully saturated rings. The second-order valence-electron chi connectivity index (χ2n) is 4.21. The fourth-order valence-electron chi connectivity index (χ4n) is 1.95. The van der Waals surface area contributed by atoms with Crippen LogP contribution >= 0.6 is 0 Å². The minimum atomic E-state index is -0.496. The number of fused-ring (bicyclic) bond motifs is 1. The number of hydrogen-bond acceptors (Lipinski definition) is 5. The number of carbonyl (C=O) groups is 1. The molecule has 0 bridgehead atoms. The second-order valence-corrected chi connectivity index (χ2v) is 4.21. The van der Waals surface area contributed by atoms with E-state index in [9.17, 15) is 9.18 Å². The van der Waals surface area contributed by atoms with Crippen LogP contribution in [0.15, 0.2) is 36.7 Å². The highest BCUT2D eigenvalue weighted by Crippen LogP contribution is 2.23. The molecule has 0 unspecified atom stereocenters. The highest BCUT2D eigenvalue weighted by Gasteiger charge is 2.08. The minimum Gasteiger partial charge on any atom is -0.382 e. The Morgan fingerprint density at radius 3 is 2.80 bits per heavy atom. The Bertz CT molecular complexity index is 819. The third-order valence-corrected chi connectivity index (χ3v) is 2.86. The molecule has 0 aliphatic rings. The summed E-state index contributed by atoms with van der Waals surface area (Å²) in [6, 6.07) is 7.44. The number of hydrogen-bond donors (Lipinski definition) is 1. The molecule has 0 saturated carbocycles. The van der Waals surface area contributed by atoms with Gasteiger partial charge in [-0.05, 0) is 30.3 Å². The van der Waals surface area contributed by atoms with E-state index < -0.39 is 5.82 Å². The van der Waals surface area contributed by atoms with Gasteiger partial charge in [0, 0.05) is 11.1 Å². The van der Waals surface area contributed by atoms with Gasteiger partial charge in [-0.3, -0.25) is 4.79 Å². The van der Waals surface area contributed by atoms with Gasteiger partial charge < -0.3 is 5.73 Å². The lowest BCUT2D eigenvalue weighted by Crippen LogP contribution is -1.96. The Morgan fingerprint density at radius 2 is 2.00 bits per heavy atom. The Kier molecular flexibility index (Phi) is 2.83. The molecule has 0 atom stereocenters. The average Bonchev–Trinajstić information content (AvgIpc) is 2.46. The average molecular weight is 268 g/mol. The molecule has 3 rings (SSSR count). The summed E-state index contributed by atoms with van der Waals surface area (Å²) in [6.45, 7) is 0. The maximum Gasteiger partial charge on any atom is 0.153 e. The van der Waals surface area contributed by atoms with E-state index in [4.69, 9.17) is 5.73 Å². The van der Waals surface area contributed by atoms with Gasteiger partial charge in [0.25, 0.3) is 0 Å². The number of pyridine rings is 1. The highest BCUT2D eigenvalue weighted by molar-refractivity contribution is 5.86. The minimum absolute atomic E-state index is 0.249. The first-order valence-corrected chi connectivity index (χ1v) is 5.81. The van der Waals surface area contributed by atoms with Crippen molar-refractivity contribution >= 4 is 23.1 Å². The third-order valence-electron chi connectivity index (χ3n) is 2.86. The number of carbonyl (C=O) groups excluding carboxylic acids is 1. The van der Waals surface area contributed by atoms with Crippen molar-refractivity contribution in [2.75, 3.05) is 5.73 Å². The van der Waals surface area contributed by atoms with Crippen LogP contribution in [0.3, 0.4) is 0 Å². The van der Waals surface area contributed by atoms with Crippen LogP contribution in [0.2, 0.25) is 0 Å². The van der Waals surface area contributed by atoms with E-state index in [1.165, 1.54) is 12.4 Å². The second kappa shape index (κ2) is 4.65. The number of nitrogens with zero attached hydrogens (tertiary/aromatic N) is 3. The largest absolute Gasteiger partial charge is 0.382 e. The van der Waals surface area contributed by atoms with Crippen molar-refractivity contribution in [1.29, 1.82) is 0 Å². The van der Waals surface area contributed by atoms with Crippen molar-refractivity contribution in [3.63, 3.8) is 0 Å². The highest BCUT2D eigenvalue weighted by atomic mass is 19.1. The number of benzene rings is 1. The smallest absolute Gasteiger partial charge is 0.153 e. The van der Waals surface area contributed by atoms with Gasteiger partial charge in [-0.2, -0.15) is 0 Å². The van der Waals surface area contributed by atoms with Crippen LogP contribution < -0.4 is 5.73 Å². The molecular formula is C14H9FN4O. The summed E-state index contributed by atoms with van der Waals surface area (Å²) < 4.78 is 13.5. The normalized spacial score (nSPS) is 10.7. The molecule has 0 aliphatic carbocycles. The molecule has 0 aliphatic heterocycles.